The molecule has 0 aromatic heterocycles. The van der Waals surface area contributed by atoms with Gasteiger partial charge in [0.25, 0.3) is 0 Å². The topological polar surface area (TPSA) is 192 Å². The van der Waals surface area contributed by atoms with Crippen LogP contribution in [-0.2, 0) is 36.8 Å². The van der Waals surface area contributed by atoms with Crippen molar-refractivity contribution >= 4 is 29.8 Å². The minimum Gasteiger partial charge on any atom is -0.480 e. The number of carboxylic acid groups (broad SMARTS) is 1. The number of hydrogen-bond acceptors (Lipinski definition) is 8. The Labute approximate surface area is 365 Å². The van der Waals surface area contributed by atoms with Crippen LogP contribution < -0.4 is 27.0 Å². The highest BCUT2D eigenvalue weighted by Crippen LogP contribution is 2.30. The summed E-state index contributed by atoms with van der Waals surface area (Å²) in [6, 6.07) is 16.2. The molecule has 0 spiro atoms. The summed E-state index contributed by atoms with van der Waals surface area (Å²) in [6.45, 7) is 15.2. The number of nitrogens with zero attached hydrogens (tertiary/aromatic N) is 1. The van der Waals surface area contributed by atoms with Crippen LogP contribution in [0.25, 0.3) is 0 Å². The smallest absolute Gasteiger partial charge is 0.408 e. The molecule has 6 unspecified atom stereocenters. The van der Waals surface area contributed by atoms with Gasteiger partial charge in [0.2, 0.25) is 17.7 Å². The van der Waals surface area contributed by atoms with E-state index in [4.69, 9.17) is 10.5 Å². The molecule has 6 atom stereocenters. The molecule has 1 saturated carbocycles. The van der Waals surface area contributed by atoms with Crippen LogP contribution in [-0.4, -0.2) is 95.7 Å². The zero-order valence-electron chi connectivity index (χ0n) is 37.9. The fourth-order valence-corrected chi connectivity index (χ4v) is 8.33. The third kappa shape index (κ3) is 19.4. The van der Waals surface area contributed by atoms with Gasteiger partial charge in [-0.3, -0.25) is 19.3 Å². The minimum atomic E-state index is -1.08. The number of aliphatic carboxylic acids is 1. The van der Waals surface area contributed by atoms with E-state index in [1.807, 2.05) is 60.7 Å². The van der Waals surface area contributed by atoms with Crippen LogP contribution in [0.5, 0.6) is 0 Å². The van der Waals surface area contributed by atoms with Crippen LogP contribution in [0.2, 0.25) is 0 Å². The number of carboxylic acids is 1. The lowest BCUT2D eigenvalue weighted by molar-refractivity contribution is -0.143. The van der Waals surface area contributed by atoms with Crippen LogP contribution in [0.1, 0.15) is 117 Å². The fourth-order valence-electron chi connectivity index (χ4n) is 8.33. The number of hydrogen-bond donors (Lipinski definition) is 6. The van der Waals surface area contributed by atoms with Gasteiger partial charge in [-0.2, -0.15) is 0 Å². The van der Waals surface area contributed by atoms with Gasteiger partial charge in [0.05, 0.1) is 12.5 Å². The van der Waals surface area contributed by atoms with Gasteiger partial charge in [-0.15, -0.1) is 0 Å². The molecule has 7 N–H and O–H groups in total. The van der Waals surface area contributed by atoms with Gasteiger partial charge in [-0.05, 0) is 82.4 Å². The Hall–Kier alpha value is -4.49. The van der Waals surface area contributed by atoms with E-state index in [2.05, 4.69) is 53.9 Å². The Morgan fingerprint density at radius 1 is 0.787 bits per heavy atom. The highest BCUT2D eigenvalue weighted by molar-refractivity contribution is 5.90. The largest absolute Gasteiger partial charge is 0.480 e. The third-order valence-electron chi connectivity index (χ3n) is 11.5. The van der Waals surface area contributed by atoms with E-state index in [1.54, 1.807) is 20.8 Å². The number of nitrogens with one attached hydrogen (secondary N) is 4. The summed E-state index contributed by atoms with van der Waals surface area (Å²) in [4.78, 5) is 69.0. The van der Waals surface area contributed by atoms with Gasteiger partial charge >= 0.3 is 12.1 Å². The van der Waals surface area contributed by atoms with E-state index in [0.29, 0.717) is 32.0 Å². The predicted molar refractivity (Wildman–Crippen MR) is 241 cm³/mol. The van der Waals surface area contributed by atoms with E-state index in [0.717, 1.165) is 56.1 Å². The van der Waals surface area contributed by atoms with Crippen LogP contribution in [0, 0.1) is 23.7 Å². The number of amides is 4. The number of ether oxygens (including phenoxy) is 1. The summed E-state index contributed by atoms with van der Waals surface area (Å²) in [6.07, 6.45) is 8.20. The first-order valence-corrected chi connectivity index (χ1v) is 22.6. The number of unbranched alkanes of at least 4 members (excludes halogenated alkanes) is 1. The molecule has 13 heteroatoms. The molecule has 1 aliphatic carbocycles. The molecule has 0 aliphatic heterocycles. The Morgan fingerprint density at radius 2 is 1.38 bits per heavy atom. The van der Waals surface area contributed by atoms with E-state index < -0.39 is 41.6 Å². The van der Waals surface area contributed by atoms with E-state index in [1.165, 1.54) is 6.42 Å². The standard InChI is InChI=1S/C48H76N6O7/c1-33(2)31-54(35(4)39(25-17-18-26-49)44(56)52-42(46(58)59)29-38-23-15-10-16-24-38)32-34(3)40(27-36-19-11-8-12-20-36)51-43(55)30-50-45(57)41(28-37-21-13-9-14-22-37)53-47(60)61-48(5,6)7/h9-10,13-16,21-24,33-36,39-42H,8,11-12,17-20,25-32,49H2,1-7H3,(H,50,57)(H,51,55)(H,52,56)(H,53,60)(H,58,59). The molecule has 0 bridgehead atoms. The Bertz CT molecular complexity index is 1630. The monoisotopic (exact) mass is 849 g/mol. The molecule has 4 amide bonds. The minimum absolute atomic E-state index is 0.0277. The van der Waals surface area contributed by atoms with Crippen molar-refractivity contribution in [2.24, 2.45) is 29.4 Å². The molecule has 0 radical (unpaired) electrons. The normalized spacial score (nSPS) is 16.4. The van der Waals surface area contributed by atoms with Crippen molar-refractivity contribution in [1.82, 2.24) is 26.2 Å². The van der Waals surface area contributed by atoms with Crippen LogP contribution >= 0.6 is 0 Å². The molecule has 3 rings (SSSR count). The van der Waals surface area contributed by atoms with Gasteiger partial charge in [0.15, 0.2) is 0 Å². The van der Waals surface area contributed by atoms with Crippen molar-refractivity contribution in [2.75, 3.05) is 26.2 Å². The number of nitrogens with two attached hydrogens (primary N) is 1. The second kappa shape index (κ2) is 26.1. The first kappa shape index (κ1) is 50.9. The predicted octanol–water partition coefficient (Wildman–Crippen LogP) is 6.23. The molecule has 0 saturated heterocycles. The third-order valence-corrected chi connectivity index (χ3v) is 11.5. The highest BCUT2D eigenvalue weighted by atomic mass is 16.6. The van der Waals surface area contributed by atoms with Crippen molar-refractivity contribution < 1.29 is 33.8 Å². The second-order valence-electron chi connectivity index (χ2n) is 18.6. The number of benzene rings is 2. The number of alkyl carbamates (subject to hydrolysis) is 1. The molecule has 340 valence electrons. The summed E-state index contributed by atoms with van der Waals surface area (Å²) >= 11 is 0. The van der Waals surface area contributed by atoms with Gasteiger partial charge in [0.1, 0.15) is 17.7 Å². The summed E-state index contributed by atoms with van der Waals surface area (Å²) in [5.41, 5.74) is 6.79. The maximum absolute atomic E-state index is 14.1. The average Bonchev–Trinajstić information content (AvgIpc) is 3.20. The lowest BCUT2D eigenvalue weighted by Gasteiger charge is -2.39. The summed E-state index contributed by atoms with van der Waals surface area (Å²) in [5.74, 6) is -1.98. The van der Waals surface area contributed by atoms with Crippen molar-refractivity contribution in [1.29, 1.82) is 0 Å². The molecular formula is C48H76N6O7. The van der Waals surface area contributed by atoms with E-state index in [9.17, 15) is 29.1 Å². The van der Waals surface area contributed by atoms with Gasteiger partial charge in [-0.25, -0.2) is 9.59 Å². The molecule has 13 nitrogen and oxygen atoms in total. The second-order valence-corrected chi connectivity index (χ2v) is 18.6. The molecule has 1 fully saturated rings. The highest BCUT2D eigenvalue weighted by Gasteiger charge is 2.35. The first-order chi connectivity index (χ1) is 28.9. The molecule has 0 heterocycles. The first-order valence-electron chi connectivity index (χ1n) is 22.6. The van der Waals surface area contributed by atoms with Crippen LogP contribution in [0.4, 0.5) is 4.79 Å². The Morgan fingerprint density at radius 3 is 1.92 bits per heavy atom. The SMILES string of the molecule is CC(C)CN(CC(C)C(CC1CCCCC1)NC(=O)CNC(=O)C(Cc1ccccc1)NC(=O)OC(C)(C)C)C(C)C(CCCCN)C(=O)NC(Cc1ccccc1)C(=O)O. The number of carbonyl (C=O) groups excluding carboxylic acids is 4. The maximum atomic E-state index is 14.1. The zero-order chi connectivity index (χ0) is 45.0. The van der Waals surface area contributed by atoms with Crippen molar-refractivity contribution in [2.45, 2.75) is 149 Å². The average molecular weight is 849 g/mol. The van der Waals surface area contributed by atoms with Crippen molar-refractivity contribution in [3.05, 3.63) is 71.8 Å². The maximum Gasteiger partial charge on any atom is 0.408 e. The number of rotatable bonds is 25. The molecule has 2 aromatic carbocycles. The lowest BCUT2D eigenvalue weighted by atomic mass is 9.81. The molecule has 1 aliphatic rings. The lowest BCUT2D eigenvalue weighted by Crippen LogP contribution is -2.54. The quantitative estimate of drug-likeness (QED) is 0.0629. The Kier molecular flexibility index (Phi) is 21.8. The van der Waals surface area contributed by atoms with E-state index in [-0.39, 0.29) is 55.1 Å². The van der Waals surface area contributed by atoms with Crippen molar-refractivity contribution in [3.8, 4) is 0 Å². The summed E-state index contributed by atoms with van der Waals surface area (Å²) in [5, 5.41) is 21.8. The number of carbonyl (C=O) groups is 5. The molecule has 2 aromatic rings. The summed E-state index contributed by atoms with van der Waals surface area (Å²) < 4.78 is 5.44. The fraction of sp³-hybridized carbons (Fsp3) is 0.646. The van der Waals surface area contributed by atoms with Crippen LogP contribution in [0.15, 0.2) is 60.7 Å². The molecular weight excluding hydrogens is 773 g/mol. The molecule has 61 heavy (non-hydrogen) atoms. The zero-order valence-corrected chi connectivity index (χ0v) is 37.9. The van der Waals surface area contributed by atoms with Crippen molar-refractivity contribution in [3.63, 3.8) is 0 Å². The van der Waals surface area contributed by atoms with Crippen LogP contribution in [0.3, 0.4) is 0 Å². The van der Waals surface area contributed by atoms with E-state index >= 15 is 0 Å². The van der Waals surface area contributed by atoms with Gasteiger partial charge in [-0.1, -0.05) is 120 Å². The Balaban J connectivity index is 1.80. The van der Waals surface area contributed by atoms with Gasteiger partial charge in [0, 0.05) is 38.0 Å². The van der Waals surface area contributed by atoms with Gasteiger partial charge < -0.3 is 36.8 Å². The summed E-state index contributed by atoms with van der Waals surface area (Å²) in [7, 11) is 0.